The highest BCUT2D eigenvalue weighted by Gasteiger charge is 2.54. The summed E-state index contributed by atoms with van der Waals surface area (Å²) in [5.41, 5.74) is 3.75. The average molecular weight is 458 g/mol. The molecule has 0 aromatic heterocycles. The van der Waals surface area contributed by atoms with Crippen molar-refractivity contribution < 1.29 is 23.9 Å². The molecule has 1 atom stereocenters. The number of carbonyl (C=O) groups excluding carboxylic acids is 3. The molecule has 2 aliphatic heterocycles. The Labute approximate surface area is 174 Å². The predicted molar refractivity (Wildman–Crippen MR) is 108 cm³/mol. The van der Waals surface area contributed by atoms with Crippen LogP contribution in [-0.4, -0.2) is 38.0 Å². The van der Waals surface area contributed by atoms with E-state index in [2.05, 4.69) is 21.4 Å². The third-order valence-electron chi connectivity index (χ3n) is 4.74. The molecular formula is C20H16BrN3O5. The molecule has 9 heteroatoms. The van der Waals surface area contributed by atoms with Gasteiger partial charge < -0.3 is 9.47 Å². The first-order valence-electron chi connectivity index (χ1n) is 8.63. The number of methoxy groups -OCH3 is 2. The topological polar surface area (TPSA) is 88.2 Å². The monoisotopic (exact) mass is 457 g/mol. The van der Waals surface area contributed by atoms with E-state index in [9.17, 15) is 14.4 Å². The summed E-state index contributed by atoms with van der Waals surface area (Å²) in [6, 6.07) is 12.7. The van der Waals surface area contributed by atoms with Gasteiger partial charge in [-0.25, -0.2) is 9.69 Å². The fourth-order valence-electron chi connectivity index (χ4n) is 3.43. The molecular weight excluding hydrogens is 442 g/mol. The summed E-state index contributed by atoms with van der Waals surface area (Å²) >= 11 is 3.34. The molecule has 2 aromatic carbocycles. The van der Waals surface area contributed by atoms with Crippen molar-refractivity contribution in [2.75, 3.05) is 24.1 Å². The summed E-state index contributed by atoms with van der Waals surface area (Å²) in [4.78, 5) is 39.9. The first kappa shape index (κ1) is 19.0. The molecule has 1 saturated heterocycles. The molecule has 1 N–H and O–H groups in total. The zero-order valence-corrected chi connectivity index (χ0v) is 17.1. The van der Waals surface area contributed by atoms with E-state index in [1.54, 1.807) is 48.5 Å². The van der Waals surface area contributed by atoms with Crippen LogP contribution in [-0.2, 0) is 19.1 Å². The van der Waals surface area contributed by atoms with Crippen molar-refractivity contribution in [2.45, 2.75) is 6.04 Å². The summed E-state index contributed by atoms with van der Waals surface area (Å²) in [5.74, 6) is -1.31. The number of hydrogen-bond donors (Lipinski definition) is 1. The minimum atomic E-state index is -1.03. The second kappa shape index (κ2) is 7.25. The summed E-state index contributed by atoms with van der Waals surface area (Å²) in [6.45, 7) is 0. The molecule has 2 amide bonds. The number of fused-ring (bicyclic) bond motifs is 1. The van der Waals surface area contributed by atoms with Crippen molar-refractivity contribution in [3.63, 3.8) is 0 Å². The molecule has 0 spiro atoms. The van der Waals surface area contributed by atoms with E-state index >= 15 is 0 Å². The second-order valence-electron chi connectivity index (χ2n) is 6.29. The third kappa shape index (κ3) is 2.94. The first-order valence-corrected chi connectivity index (χ1v) is 9.42. The van der Waals surface area contributed by atoms with Crippen molar-refractivity contribution in [3.05, 3.63) is 64.3 Å². The lowest BCUT2D eigenvalue weighted by Crippen LogP contribution is -2.46. The molecule has 2 heterocycles. The molecule has 0 aliphatic carbocycles. The molecule has 1 fully saturated rings. The number of hydrazine groups is 1. The van der Waals surface area contributed by atoms with Crippen LogP contribution >= 0.6 is 15.9 Å². The van der Waals surface area contributed by atoms with Crippen LogP contribution in [0.25, 0.3) is 0 Å². The summed E-state index contributed by atoms with van der Waals surface area (Å²) in [7, 11) is 2.71. The van der Waals surface area contributed by atoms with Crippen LogP contribution in [0.4, 0.5) is 11.4 Å². The van der Waals surface area contributed by atoms with Crippen molar-refractivity contribution in [1.82, 2.24) is 5.43 Å². The number of carbonyl (C=O) groups is 3. The quantitative estimate of drug-likeness (QED) is 0.555. The van der Waals surface area contributed by atoms with Gasteiger partial charge in [0.15, 0.2) is 11.7 Å². The summed E-state index contributed by atoms with van der Waals surface area (Å²) in [5, 5.41) is 1.46. The third-order valence-corrected chi connectivity index (χ3v) is 5.27. The Morgan fingerprint density at radius 3 is 2.41 bits per heavy atom. The number of para-hydroxylation sites is 2. The average Bonchev–Trinajstić information content (AvgIpc) is 3.25. The number of amides is 2. The Hall–Kier alpha value is -3.33. The SMILES string of the molecule is COC(=O)C1=C2C(=O)N(c3ccc(Br)cc3)C(=O)C2N(c2ccccc2OC)N1. The summed E-state index contributed by atoms with van der Waals surface area (Å²) < 4.78 is 11.0. The largest absolute Gasteiger partial charge is 0.495 e. The van der Waals surface area contributed by atoms with Gasteiger partial charge in [0.25, 0.3) is 11.8 Å². The van der Waals surface area contributed by atoms with Crippen LogP contribution in [0.5, 0.6) is 5.75 Å². The molecule has 1 unspecified atom stereocenters. The van der Waals surface area contributed by atoms with Crippen molar-refractivity contribution >= 4 is 45.1 Å². The maximum Gasteiger partial charge on any atom is 0.356 e. The minimum Gasteiger partial charge on any atom is -0.495 e. The van der Waals surface area contributed by atoms with E-state index in [-0.39, 0.29) is 11.3 Å². The van der Waals surface area contributed by atoms with Crippen LogP contribution in [0, 0.1) is 0 Å². The normalized spacial score (nSPS) is 18.1. The number of ether oxygens (including phenoxy) is 2. The number of anilines is 2. The maximum absolute atomic E-state index is 13.3. The Morgan fingerprint density at radius 1 is 1.07 bits per heavy atom. The van der Waals surface area contributed by atoms with Gasteiger partial charge in [0.1, 0.15) is 11.4 Å². The number of imide groups is 1. The van der Waals surface area contributed by atoms with Gasteiger partial charge in [0.2, 0.25) is 0 Å². The zero-order valence-electron chi connectivity index (χ0n) is 15.5. The van der Waals surface area contributed by atoms with Gasteiger partial charge in [-0.3, -0.25) is 20.0 Å². The van der Waals surface area contributed by atoms with E-state index in [0.717, 1.165) is 9.37 Å². The van der Waals surface area contributed by atoms with Crippen LogP contribution < -0.4 is 20.1 Å². The van der Waals surface area contributed by atoms with Crippen molar-refractivity contribution in [2.24, 2.45) is 0 Å². The standard InChI is InChI=1S/C20H16BrN3O5/c1-28-14-6-4-3-5-13(14)24-17-15(16(22-24)20(27)29-2)18(25)23(19(17)26)12-9-7-11(21)8-10-12/h3-10,17,22H,1-2H3. The summed E-state index contributed by atoms with van der Waals surface area (Å²) in [6.07, 6.45) is 0. The molecule has 0 bridgehead atoms. The van der Waals surface area contributed by atoms with E-state index in [1.807, 2.05) is 0 Å². The number of nitrogens with zero attached hydrogens (tertiary/aromatic N) is 2. The fraction of sp³-hybridized carbons (Fsp3) is 0.150. The fourth-order valence-corrected chi connectivity index (χ4v) is 3.70. The minimum absolute atomic E-state index is 0.0377. The highest BCUT2D eigenvalue weighted by molar-refractivity contribution is 9.10. The number of nitrogens with one attached hydrogen (secondary N) is 1. The lowest BCUT2D eigenvalue weighted by atomic mass is 10.1. The van der Waals surface area contributed by atoms with Crippen molar-refractivity contribution in [1.29, 1.82) is 0 Å². The van der Waals surface area contributed by atoms with Gasteiger partial charge in [-0.2, -0.15) is 0 Å². The Balaban J connectivity index is 1.84. The van der Waals surface area contributed by atoms with Gasteiger partial charge in [-0.15, -0.1) is 0 Å². The Bertz CT molecular complexity index is 1050. The first-order chi connectivity index (χ1) is 14.0. The molecule has 29 heavy (non-hydrogen) atoms. The van der Waals surface area contributed by atoms with E-state index < -0.39 is 23.8 Å². The number of halogens is 1. The smallest absolute Gasteiger partial charge is 0.356 e. The van der Waals surface area contributed by atoms with Gasteiger partial charge in [-0.05, 0) is 36.4 Å². The molecule has 0 saturated carbocycles. The zero-order chi connectivity index (χ0) is 20.7. The highest BCUT2D eigenvalue weighted by Crippen LogP contribution is 2.39. The van der Waals surface area contributed by atoms with Gasteiger partial charge in [0.05, 0.1) is 25.5 Å². The number of rotatable bonds is 4. The van der Waals surface area contributed by atoms with E-state index in [0.29, 0.717) is 17.1 Å². The molecule has 8 nitrogen and oxygen atoms in total. The number of hydrogen-bond acceptors (Lipinski definition) is 7. The Morgan fingerprint density at radius 2 is 1.76 bits per heavy atom. The van der Waals surface area contributed by atoms with Crippen molar-refractivity contribution in [3.8, 4) is 5.75 Å². The van der Waals surface area contributed by atoms with E-state index in [1.165, 1.54) is 19.2 Å². The highest BCUT2D eigenvalue weighted by atomic mass is 79.9. The van der Waals surface area contributed by atoms with Gasteiger partial charge in [0, 0.05) is 4.47 Å². The van der Waals surface area contributed by atoms with Crippen LogP contribution in [0.1, 0.15) is 0 Å². The Kier molecular flexibility index (Phi) is 4.75. The number of esters is 1. The van der Waals surface area contributed by atoms with Crippen LogP contribution in [0.15, 0.2) is 64.3 Å². The second-order valence-corrected chi connectivity index (χ2v) is 7.21. The number of benzene rings is 2. The lowest BCUT2D eigenvalue weighted by molar-refractivity contribution is -0.136. The van der Waals surface area contributed by atoms with Crippen LogP contribution in [0.3, 0.4) is 0 Å². The molecule has 148 valence electrons. The maximum atomic E-state index is 13.3. The molecule has 2 aromatic rings. The van der Waals surface area contributed by atoms with E-state index in [4.69, 9.17) is 9.47 Å². The predicted octanol–water partition coefficient (Wildman–Crippen LogP) is 2.15. The van der Waals surface area contributed by atoms with Gasteiger partial charge in [-0.1, -0.05) is 28.1 Å². The lowest BCUT2D eigenvalue weighted by Gasteiger charge is -2.27. The van der Waals surface area contributed by atoms with Gasteiger partial charge >= 0.3 is 5.97 Å². The molecule has 4 rings (SSSR count). The molecule has 0 radical (unpaired) electrons. The molecule has 2 aliphatic rings. The van der Waals surface area contributed by atoms with Crippen LogP contribution in [0.2, 0.25) is 0 Å².